The normalized spacial score (nSPS) is 20.5. The van der Waals surface area contributed by atoms with Gasteiger partial charge in [-0.15, -0.1) is 0 Å². The average Bonchev–Trinajstić information content (AvgIpc) is 2.74. The zero-order chi connectivity index (χ0) is 11.5. The highest BCUT2D eigenvalue weighted by Crippen LogP contribution is 2.22. The van der Waals surface area contributed by atoms with Gasteiger partial charge in [0.15, 0.2) is 0 Å². The van der Waals surface area contributed by atoms with Crippen LogP contribution in [0.4, 0.5) is 0 Å². The minimum absolute atomic E-state index is 0.0663. The third-order valence-electron chi connectivity index (χ3n) is 2.74. The van der Waals surface area contributed by atoms with Crippen LogP contribution in [0.3, 0.4) is 0 Å². The van der Waals surface area contributed by atoms with Gasteiger partial charge in [0.2, 0.25) is 5.22 Å². The zero-order valence-corrected chi connectivity index (χ0v) is 9.41. The maximum atomic E-state index is 12.0. The van der Waals surface area contributed by atoms with Crippen molar-refractivity contribution in [1.29, 1.82) is 5.26 Å². The summed E-state index contributed by atoms with van der Waals surface area (Å²) in [6.45, 7) is 1.16. The van der Waals surface area contributed by atoms with E-state index in [1.54, 1.807) is 11.0 Å². The van der Waals surface area contributed by atoms with Gasteiger partial charge in [-0.1, -0.05) is 0 Å². The maximum absolute atomic E-state index is 12.0. The number of amides is 1. The Bertz CT molecular complexity index is 435. The fraction of sp³-hybridized carbons (Fsp3) is 0.455. The Labute approximate surface area is 98.4 Å². The Kier molecular flexibility index (Phi) is 3.16. The molecular weight excluding hydrogens is 228 g/mol. The number of furan rings is 1. The van der Waals surface area contributed by atoms with Crippen LogP contribution in [0, 0.1) is 17.2 Å². The Balaban J connectivity index is 2.11. The van der Waals surface area contributed by atoms with Crippen molar-refractivity contribution in [2.24, 2.45) is 5.92 Å². The number of hydrogen-bond donors (Lipinski definition) is 0. The number of halogens is 1. The van der Waals surface area contributed by atoms with Crippen LogP contribution in [-0.2, 0) is 0 Å². The van der Waals surface area contributed by atoms with Crippen LogP contribution < -0.4 is 0 Å². The van der Waals surface area contributed by atoms with Crippen LogP contribution in [-0.4, -0.2) is 23.9 Å². The number of piperidine rings is 1. The number of rotatable bonds is 1. The molecule has 0 radical (unpaired) electrons. The molecular formula is C11H11ClN2O2. The molecule has 16 heavy (non-hydrogen) atoms. The third-order valence-corrected chi connectivity index (χ3v) is 3.03. The van der Waals surface area contributed by atoms with Gasteiger partial charge in [0, 0.05) is 13.1 Å². The van der Waals surface area contributed by atoms with Gasteiger partial charge in [-0.3, -0.25) is 4.79 Å². The Morgan fingerprint density at radius 1 is 1.69 bits per heavy atom. The highest BCUT2D eigenvalue weighted by atomic mass is 35.5. The summed E-state index contributed by atoms with van der Waals surface area (Å²) in [5.74, 6) is -0.220. The summed E-state index contributed by atoms with van der Waals surface area (Å²) in [5, 5.41) is 8.96. The summed E-state index contributed by atoms with van der Waals surface area (Å²) < 4.78 is 4.88. The molecule has 4 nitrogen and oxygen atoms in total. The second-order valence-electron chi connectivity index (χ2n) is 3.83. The van der Waals surface area contributed by atoms with E-state index in [1.807, 2.05) is 0 Å². The first kappa shape index (κ1) is 11.0. The number of carbonyl (C=O) groups is 1. The Morgan fingerprint density at radius 2 is 2.50 bits per heavy atom. The zero-order valence-electron chi connectivity index (χ0n) is 8.65. The largest absolute Gasteiger partial charge is 0.452 e. The second kappa shape index (κ2) is 4.58. The molecule has 1 atom stereocenters. The molecule has 1 aliphatic rings. The molecule has 0 bridgehead atoms. The van der Waals surface area contributed by atoms with E-state index >= 15 is 0 Å². The van der Waals surface area contributed by atoms with Crippen molar-refractivity contribution < 1.29 is 9.21 Å². The lowest BCUT2D eigenvalue weighted by molar-refractivity contribution is 0.0698. The summed E-state index contributed by atoms with van der Waals surface area (Å²) in [4.78, 5) is 13.7. The van der Waals surface area contributed by atoms with E-state index in [0.717, 1.165) is 12.8 Å². The van der Waals surface area contributed by atoms with Crippen molar-refractivity contribution in [3.8, 4) is 6.07 Å². The molecule has 1 amide bonds. The van der Waals surface area contributed by atoms with Crippen molar-refractivity contribution in [2.45, 2.75) is 12.8 Å². The SMILES string of the molecule is N#CC1CCCN(C(=O)c2ccoc2Cl)C1. The standard InChI is InChI=1S/C11H11ClN2O2/c12-10-9(3-5-16-10)11(15)14-4-1-2-8(6-13)7-14/h3,5,8H,1-2,4,7H2. The molecule has 84 valence electrons. The Hall–Kier alpha value is -1.47. The topological polar surface area (TPSA) is 57.2 Å². The predicted molar refractivity (Wildman–Crippen MR) is 58.0 cm³/mol. The number of nitriles is 1. The summed E-state index contributed by atoms with van der Waals surface area (Å²) in [5.41, 5.74) is 0.375. The fourth-order valence-electron chi connectivity index (χ4n) is 1.88. The summed E-state index contributed by atoms with van der Waals surface area (Å²) >= 11 is 5.74. The number of hydrogen-bond acceptors (Lipinski definition) is 3. The van der Waals surface area contributed by atoms with Gasteiger partial charge < -0.3 is 9.32 Å². The van der Waals surface area contributed by atoms with E-state index in [9.17, 15) is 4.79 Å². The van der Waals surface area contributed by atoms with Gasteiger partial charge in [-0.25, -0.2) is 0 Å². The highest BCUT2D eigenvalue weighted by Gasteiger charge is 2.26. The molecule has 0 aromatic carbocycles. The molecule has 1 saturated heterocycles. The van der Waals surface area contributed by atoms with E-state index in [-0.39, 0.29) is 17.0 Å². The lowest BCUT2D eigenvalue weighted by atomic mass is 9.99. The molecule has 1 aromatic rings. The fourth-order valence-corrected chi connectivity index (χ4v) is 2.08. The Morgan fingerprint density at radius 3 is 3.12 bits per heavy atom. The van der Waals surface area contributed by atoms with Gasteiger partial charge >= 0.3 is 0 Å². The van der Waals surface area contributed by atoms with Gasteiger partial charge in [0.25, 0.3) is 5.91 Å². The maximum Gasteiger partial charge on any atom is 0.258 e. The molecule has 2 rings (SSSR count). The molecule has 2 heterocycles. The van der Waals surface area contributed by atoms with Crippen LogP contribution in [0.5, 0.6) is 0 Å². The van der Waals surface area contributed by atoms with Gasteiger partial charge in [-0.2, -0.15) is 5.26 Å². The second-order valence-corrected chi connectivity index (χ2v) is 4.17. The average molecular weight is 239 g/mol. The van der Waals surface area contributed by atoms with E-state index in [4.69, 9.17) is 21.3 Å². The quantitative estimate of drug-likeness (QED) is 0.754. The lowest BCUT2D eigenvalue weighted by Gasteiger charge is -2.29. The van der Waals surface area contributed by atoms with Gasteiger partial charge in [-0.05, 0) is 30.5 Å². The molecule has 0 spiro atoms. The molecule has 0 N–H and O–H groups in total. The number of nitrogens with zero attached hydrogens (tertiary/aromatic N) is 2. The first-order chi connectivity index (χ1) is 7.72. The van der Waals surface area contributed by atoms with Crippen molar-refractivity contribution in [2.75, 3.05) is 13.1 Å². The molecule has 0 saturated carbocycles. The third kappa shape index (κ3) is 2.05. The molecule has 0 aliphatic carbocycles. The van der Waals surface area contributed by atoms with E-state index in [0.29, 0.717) is 18.7 Å². The smallest absolute Gasteiger partial charge is 0.258 e. The van der Waals surface area contributed by atoms with Crippen molar-refractivity contribution in [3.63, 3.8) is 0 Å². The van der Waals surface area contributed by atoms with Crippen LogP contribution in [0.25, 0.3) is 0 Å². The minimum atomic E-state index is -0.154. The van der Waals surface area contributed by atoms with E-state index in [2.05, 4.69) is 6.07 Å². The summed E-state index contributed by atoms with van der Waals surface area (Å²) in [7, 11) is 0. The first-order valence-electron chi connectivity index (χ1n) is 5.14. The van der Waals surface area contributed by atoms with Gasteiger partial charge in [0.05, 0.1) is 23.8 Å². The summed E-state index contributed by atoms with van der Waals surface area (Å²) in [6.07, 6.45) is 3.11. The molecule has 5 heteroatoms. The van der Waals surface area contributed by atoms with E-state index < -0.39 is 0 Å². The van der Waals surface area contributed by atoms with Crippen molar-refractivity contribution >= 4 is 17.5 Å². The molecule has 1 unspecified atom stereocenters. The van der Waals surface area contributed by atoms with E-state index in [1.165, 1.54) is 6.26 Å². The van der Waals surface area contributed by atoms with Crippen LogP contribution >= 0.6 is 11.6 Å². The van der Waals surface area contributed by atoms with Crippen LogP contribution in [0.15, 0.2) is 16.7 Å². The van der Waals surface area contributed by atoms with Gasteiger partial charge in [0.1, 0.15) is 0 Å². The first-order valence-corrected chi connectivity index (χ1v) is 5.52. The van der Waals surface area contributed by atoms with Crippen LogP contribution in [0.2, 0.25) is 5.22 Å². The predicted octanol–water partition coefficient (Wildman–Crippen LogP) is 2.31. The monoisotopic (exact) mass is 238 g/mol. The molecule has 1 aromatic heterocycles. The van der Waals surface area contributed by atoms with Crippen LogP contribution in [0.1, 0.15) is 23.2 Å². The number of likely N-dealkylation sites (tertiary alicyclic amines) is 1. The molecule has 1 aliphatic heterocycles. The summed E-state index contributed by atoms with van der Waals surface area (Å²) in [6, 6.07) is 3.75. The van der Waals surface area contributed by atoms with Crippen molar-refractivity contribution in [1.82, 2.24) is 4.90 Å². The lowest BCUT2D eigenvalue weighted by Crippen LogP contribution is -2.39. The molecule has 1 fully saturated rings. The van der Waals surface area contributed by atoms with Crippen molar-refractivity contribution in [3.05, 3.63) is 23.1 Å². The highest BCUT2D eigenvalue weighted by molar-refractivity contribution is 6.32. The minimum Gasteiger partial charge on any atom is -0.452 e. The number of carbonyl (C=O) groups excluding carboxylic acids is 1.